The fourth-order valence-corrected chi connectivity index (χ4v) is 8.53. The van der Waals surface area contributed by atoms with Crippen molar-refractivity contribution in [2.45, 2.75) is 121 Å². The Bertz CT molecular complexity index is 1910. The van der Waals surface area contributed by atoms with Crippen molar-refractivity contribution >= 4 is 41.4 Å². The first kappa shape index (κ1) is 42.2. The topological polar surface area (TPSA) is 175 Å². The number of fused-ring (bicyclic) bond motifs is 3. The molecule has 4 heterocycles. The van der Waals surface area contributed by atoms with Crippen molar-refractivity contribution in [3.8, 4) is 0 Å². The maximum absolute atomic E-state index is 14.7. The number of halogens is 2. The Morgan fingerprint density at radius 1 is 0.810 bits per heavy atom. The lowest BCUT2D eigenvalue weighted by Crippen LogP contribution is -2.63. The first-order valence-electron chi connectivity index (χ1n) is 20.1. The van der Waals surface area contributed by atoms with E-state index in [0.29, 0.717) is 37.3 Å². The maximum Gasteiger partial charge on any atom is 0.329 e. The molecule has 0 aromatic heterocycles. The largest absolute Gasteiger partial charge is 0.458 e. The maximum atomic E-state index is 14.7. The molecule has 8 atom stereocenters. The average molecular weight is 807 g/mol. The molecule has 16 heteroatoms. The summed E-state index contributed by atoms with van der Waals surface area (Å²) in [6, 6.07) is 2.90. The van der Waals surface area contributed by atoms with Crippen LogP contribution >= 0.6 is 0 Å². The lowest BCUT2D eigenvalue weighted by molar-refractivity contribution is -0.163. The molecule has 4 aliphatic rings. The van der Waals surface area contributed by atoms with Gasteiger partial charge < -0.3 is 35.4 Å². The van der Waals surface area contributed by atoms with E-state index in [-0.39, 0.29) is 56.8 Å². The molecule has 4 aliphatic heterocycles. The summed E-state index contributed by atoms with van der Waals surface area (Å²) in [5.74, 6) is -6.40. The Balaban J connectivity index is 1.34. The molecule has 2 aromatic rings. The van der Waals surface area contributed by atoms with E-state index in [9.17, 15) is 42.3 Å². The number of aryl methyl sites for hydroxylation is 1. The molecule has 4 saturated heterocycles. The number of benzene rings is 2. The highest BCUT2D eigenvalue weighted by Gasteiger charge is 2.47. The van der Waals surface area contributed by atoms with Gasteiger partial charge in [-0.2, -0.15) is 0 Å². The summed E-state index contributed by atoms with van der Waals surface area (Å²) in [7, 11) is 0. The van der Waals surface area contributed by atoms with Gasteiger partial charge in [-0.3, -0.25) is 28.8 Å². The summed E-state index contributed by atoms with van der Waals surface area (Å²) < 4.78 is 34.6. The van der Waals surface area contributed by atoms with E-state index in [1.54, 1.807) is 12.1 Å². The van der Waals surface area contributed by atoms with Crippen LogP contribution in [0.3, 0.4) is 0 Å². The molecule has 0 unspecified atom stereocenters. The van der Waals surface area contributed by atoms with Crippen molar-refractivity contribution in [2.75, 3.05) is 19.6 Å². The third-order valence-corrected chi connectivity index (χ3v) is 11.5. The van der Waals surface area contributed by atoms with Gasteiger partial charge in [0.2, 0.25) is 35.4 Å². The van der Waals surface area contributed by atoms with E-state index in [0.717, 1.165) is 17.7 Å². The Labute approximate surface area is 336 Å². The second kappa shape index (κ2) is 18.0. The molecule has 0 aliphatic carbocycles. The number of nitrogens with zero attached hydrogens (tertiary/aromatic N) is 3. The smallest absolute Gasteiger partial charge is 0.329 e. The van der Waals surface area contributed by atoms with Crippen molar-refractivity contribution in [3.05, 3.63) is 70.8 Å². The fraction of sp³-hybridized carbons (Fsp3) is 0.548. The molecule has 2 aromatic carbocycles. The van der Waals surface area contributed by atoms with Gasteiger partial charge in [0.05, 0.1) is 6.42 Å². The number of hydrogen-bond donors (Lipinski definition) is 3. The van der Waals surface area contributed by atoms with Crippen LogP contribution in [0, 0.1) is 24.5 Å². The summed E-state index contributed by atoms with van der Waals surface area (Å²) in [5.41, 5.74) is 1.67. The van der Waals surface area contributed by atoms with Crippen LogP contribution in [0.2, 0.25) is 0 Å². The monoisotopic (exact) mass is 806 g/mol. The van der Waals surface area contributed by atoms with Gasteiger partial charge in [-0.25, -0.2) is 13.6 Å². The number of ether oxygens (including phenoxy) is 1. The minimum atomic E-state index is -1.60. The van der Waals surface area contributed by atoms with Crippen LogP contribution in [0.5, 0.6) is 0 Å². The molecule has 4 fully saturated rings. The van der Waals surface area contributed by atoms with E-state index < -0.39 is 95.4 Å². The number of carbonyl (C=O) groups is 7. The Kier molecular flexibility index (Phi) is 13.1. The molecule has 0 bridgehead atoms. The van der Waals surface area contributed by atoms with Crippen molar-refractivity contribution in [1.29, 1.82) is 0 Å². The van der Waals surface area contributed by atoms with Gasteiger partial charge in [0.25, 0.3) is 0 Å². The Hall–Kier alpha value is -5.41. The van der Waals surface area contributed by atoms with Crippen LogP contribution in [0.15, 0.2) is 42.5 Å². The van der Waals surface area contributed by atoms with Crippen LogP contribution in [0.1, 0.15) is 76.0 Å². The van der Waals surface area contributed by atoms with Gasteiger partial charge in [-0.05, 0) is 88.5 Å². The average Bonchev–Trinajstić information content (AvgIpc) is 3.83. The second-order valence-electron chi connectivity index (χ2n) is 16.2. The Morgan fingerprint density at radius 2 is 1.47 bits per heavy atom. The van der Waals surface area contributed by atoms with Gasteiger partial charge in [0.15, 0.2) is 0 Å². The van der Waals surface area contributed by atoms with Crippen LogP contribution in [0.4, 0.5) is 8.78 Å². The molecule has 0 saturated carbocycles. The highest BCUT2D eigenvalue weighted by atomic mass is 19.1. The second-order valence-corrected chi connectivity index (χ2v) is 16.2. The number of amides is 6. The first-order valence-corrected chi connectivity index (χ1v) is 20.1. The van der Waals surface area contributed by atoms with E-state index in [1.807, 2.05) is 26.0 Å². The van der Waals surface area contributed by atoms with E-state index in [1.165, 1.54) is 28.5 Å². The molecular formula is C42H52F2N6O8. The quantitative estimate of drug-likeness (QED) is 0.357. The van der Waals surface area contributed by atoms with E-state index >= 15 is 0 Å². The van der Waals surface area contributed by atoms with Crippen LogP contribution < -0.4 is 16.0 Å². The zero-order valence-corrected chi connectivity index (χ0v) is 33.3. The highest BCUT2D eigenvalue weighted by molar-refractivity contribution is 5.98. The molecular weight excluding hydrogens is 754 g/mol. The highest BCUT2D eigenvalue weighted by Crippen LogP contribution is 2.29. The standard InChI is InChI=1S/C42H52F2N6O8/c1-23-10-12-27(13-11-23)20-35(51)46-31(19-28-17-29(43)21-30(44)18-28)37(52)47-36-26(4)58-42(57)34-16-24(2)22-50(34)39(54)25(3)45-38(53)32-8-5-6-14-48(32)40(55)33-9-7-15-49(33)41(36)56/h10-13,17-18,21,24-26,31-34,36H,5-9,14-16,19-20,22H2,1-4H3,(H,45,53)(H,46,51)(H,47,52)/t24-,25-,26+,31-,32-,33-,34-,36-/m0/s1. The minimum Gasteiger partial charge on any atom is -0.458 e. The molecule has 0 spiro atoms. The number of esters is 1. The predicted octanol–water partition coefficient (Wildman–Crippen LogP) is 2.09. The molecule has 312 valence electrons. The first-order chi connectivity index (χ1) is 27.6. The number of cyclic esters (lactones) is 1. The molecule has 6 amide bonds. The number of hydrogen-bond acceptors (Lipinski definition) is 8. The SMILES string of the molecule is Cc1ccc(CC(=O)N[C@@H](Cc2cc(F)cc(F)c2)C(=O)N[C@@H]2C(=O)N3CCC[C@H]3C(=O)N3CCCC[C@H]3C(=O)N[C@@H](C)C(=O)N3C[C@@H](C)C[C@H]3C(=O)O[C@@H]2C)cc1. The van der Waals surface area contributed by atoms with E-state index in [2.05, 4.69) is 16.0 Å². The summed E-state index contributed by atoms with van der Waals surface area (Å²) in [6.07, 6.45) is 0.782. The zero-order chi connectivity index (χ0) is 41.8. The summed E-state index contributed by atoms with van der Waals surface area (Å²) in [5, 5.41) is 8.08. The molecule has 3 N–H and O–H groups in total. The van der Waals surface area contributed by atoms with Crippen LogP contribution in [-0.4, -0.2) is 118 Å². The van der Waals surface area contributed by atoms with Crippen molar-refractivity contribution < 1.29 is 47.1 Å². The molecule has 0 radical (unpaired) electrons. The molecule has 58 heavy (non-hydrogen) atoms. The van der Waals surface area contributed by atoms with E-state index in [4.69, 9.17) is 4.74 Å². The van der Waals surface area contributed by atoms with Gasteiger partial charge in [0, 0.05) is 32.1 Å². The van der Waals surface area contributed by atoms with Gasteiger partial charge >= 0.3 is 5.97 Å². The van der Waals surface area contributed by atoms with Crippen molar-refractivity contribution in [2.24, 2.45) is 5.92 Å². The van der Waals surface area contributed by atoms with Crippen LogP contribution in [0.25, 0.3) is 0 Å². The number of piperidine rings is 1. The predicted molar refractivity (Wildman–Crippen MR) is 205 cm³/mol. The number of nitrogens with one attached hydrogen (secondary N) is 3. The lowest BCUT2D eigenvalue weighted by Gasteiger charge is -2.39. The van der Waals surface area contributed by atoms with Crippen molar-refractivity contribution in [1.82, 2.24) is 30.7 Å². The summed E-state index contributed by atoms with van der Waals surface area (Å²) in [4.78, 5) is 102. The van der Waals surface area contributed by atoms with Gasteiger partial charge in [-0.15, -0.1) is 0 Å². The number of rotatable bonds is 7. The Morgan fingerprint density at radius 3 is 2.17 bits per heavy atom. The van der Waals surface area contributed by atoms with Gasteiger partial charge in [-0.1, -0.05) is 36.8 Å². The molecule has 6 rings (SSSR count). The normalized spacial score (nSPS) is 27.6. The third kappa shape index (κ3) is 9.64. The van der Waals surface area contributed by atoms with Crippen molar-refractivity contribution in [3.63, 3.8) is 0 Å². The molecule has 14 nitrogen and oxygen atoms in total. The van der Waals surface area contributed by atoms with Crippen LogP contribution in [-0.2, 0) is 51.1 Å². The lowest BCUT2D eigenvalue weighted by atomic mass is 9.99. The fourth-order valence-electron chi connectivity index (χ4n) is 8.53. The summed E-state index contributed by atoms with van der Waals surface area (Å²) in [6.45, 7) is 7.31. The summed E-state index contributed by atoms with van der Waals surface area (Å²) >= 11 is 0. The zero-order valence-electron chi connectivity index (χ0n) is 33.3. The third-order valence-electron chi connectivity index (χ3n) is 11.5. The number of carbonyl (C=O) groups excluding carboxylic acids is 7. The minimum absolute atomic E-state index is 0.0525. The van der Waals surface area contributed by atoms with Gasteiger partial charge in [0.1, 0.15) is 54.0 Å².